The summed E-state index contributed by atoms with van der Waals surface area (Å²) in [5.41, 5.74) is 6.41. The summed E-state index contributed by atoms with van der Waals surface area (Å²) in [6.45, 7) is 3.71. The molecule has 2 atom stereocenters. The standard InChI is InChI=1S/C7H11NO2/c1-4-2-5(4)3-6(8)7(9)10/h5-6H,1-3,8H2,(H,9,10)/t5-,6-/m0/s1. The van der Waals surface area contributed by atoms with Gasteiger partial charge in [0.05, 0.1) is 0 Å². The second-order valence-electron chi connectivity index (χ2n) is 2.74. The lowest BCUT2D eigenvalue weighted by atomic mass is 10.1. The van der Waals surface area contributed by atoms with Gasteiger partial charge in [-0.3, -0.25) is 4.79 Å². The van der Waals surface area contributed by atoms with Crippen LogP contribution in [0.15, 0.2) is 12.2 Å². The number of nitrogens with two attached hydrogens (primary N) is 1. The molecular formula is C7H11NO2. The predicted molar refractivity (Wildman–Crippen MR) is 37.5 cm³/mol. The molecule has 0 spiro atoms. The second kappa shape index (κ2) is 2.42. The summed E-state index contributed by atoms with van der Waals surface area (Å²) in [5, 5.41) is 8.39. The van der Waals surface area contributed by atoms with E-state index in [0.29, 0.717) is 12.3 Å². The van der Waals surface area contributed by atoms with E-state index in [1.165, 1.54) is 0 Å². The molecule has 0 bridgehead atoms. The van der Waals surface area contributed by atoms with Crippen LogP contribution in [0.5, 0.6) is 0 Å². The minimum Gasteiger partial charge on any atom is -0.480 e. The molecule has 1 fully saturated rings. The van der Waals surface area contributed by atoms with Gasteiger partial charge in [-0.05, 0) is 18.8 Å². The summed E-state index contributed by atoms with van der Waals surface area (Å²) in [5.74, 6) is -0.536. The summed E-state index contributed by atoms with van der Waals surface area (Å²) in [6, 6.07) is -0.704. The molecule has 0 aromatic rings. The van der Waals surface area contributed by atoms with Crippen LogP contribution in [0.25, 0.3) is 0 Å². The largest absolute Gasteiger partial charge is 0.480 e. The lowest BCUT2D eigenvalue weighted by molar-refractivity contribution is -0.138. The molecule has 1 aliphatic carbocycles. The molecule has 3 nitrogen and oxygen atoms in total. The Morgan fingerprint density at radius 1 is 2.00 bits per heavy atom. The summed E-state index contributed by atoms with van der Waals surface area (Å²) in [7, 11) is 0. The first kappa shape index (κ1) is 7.28. The van der Waals surface area contributed by atoms with Crippen molar-refractivity contribution in [1.29, 1.82) is 0 Å². The average Bonchev–Trinajstić information content (AvgIpc) is 2.46. The van der Waals surface area contributed by atoms with Crippen LogP contribution in [0.2, 0.25) is 0 Å². The van der Waals surface area contributed by atoms with Gasteiger partial charge >= 0.3 is 5.97 Å². The Kier molecular flexibility index (Phi) is 1.76. The SMILES string of the molecule is C=C1C[C@H]1C[C@H](N)C(=O)O. The molecule has 0 aromatic carbocycles. The second-order valence-corrected chi connectivity index (χ2v) is 2.74. The van der Waals surface area contributed by atoms with Crippen molar-refractivity contribution in [2.45, 2.75) is 18.9 Å². The Morgan fingerprint density at radius 3 is 2.80 bits per heavy atom. The maximum absolute atomic E-state index is 10.2. The molecule has 1 aliphatic rings. The van der Waals surface area contributed by atoms with Crippen molar-refractivity contribution in [3.63, 3.8) is 0 Å². The first-order valence-electron chi connectivity index (χ1n) is 3.27. The monoisotopic (exact) mass is 141 g/mol. The Morgan fingerprint density at radius 2 is 2.50 bits per heavy atom. The highest BCUT2D eigenvalue weighted by molar-refractivity contribution is 5.73. The number of aliphatic carboxylic acids is 1. The van der Waals surface area contributed by atoms with Gasteiger partial charge in [0.25, 0.3) is 0 Å². The molecule has 10 heavy (non-hydrogen) atoms. The van der Waals surface area contributed by atoms with Crippen molar-refractivity contribution in [3.05, 3.63) is 12.2 Å². The zero-order chi connectivity index (χ0) is 7.72. The van der Waals surface area contributed by atoms with Crippen LogP contribution in [0, 0.1) is 5.92 Å². The zero-order valence-electron chi connectivity index (χ0n) is 5.71. The van der Waals surface area contributed by atoms with E-state index in [-0.39, 0.29) is 0 Å². The molecule has 0 aromatic heterocycles. The lowest BCUT2D eigenvalue weighted by Crippen LogP contribution is -2.30. The third-order valence-corrected chi connectivity index (χ3v) is 1.78. The third kappa shape index (κ3) is 1.57. The number of hydrogen-bond donors (Lipinski definition) is 2. The van der Waals surface area contributed by atoms with Gasteiger partial charge in [0.15, 0.2) is 0 Å². The maximum atomic E-state index is 10.2. The van der Waals surface area contributed by atoms with Gasteiger partial charge in [-0.25, -0.2) is 0 Å². The number of carboxylic acids is 1. The average molecular weight is 141 g/mol. The van der Waals surface area contributed by atoms with Gasteiger partial charge < -0.3 is 10.8 Å². The molecule has 56 valence electrons. The Labute approximate surface area is 59.5 Å². The fraction of sp³-hybridized carbons (Fsp3) is 0.571. The fourth-order valence-corrected chi connectivity index (χ4v) is 0.915. The van der Waals surface area contributed by atoms with Crippen molar-refractivity contribution in [2.24, 2.45) is 11.7 Å². The van der Waals surface area contributed by atoms with Crippen molar-refractivity contribution in [3.8, 4) is 0 Å². The van der Waals surface area contributed by atoms with Crippen molar-refractivity contribution in [1.82, 2.24) is 0 Å². The van der Waals surface area contributed by atoms with Gasteiger partial charge in [0.1, 0.15) is 6.04 Å². The molecule has 1 saturated carbocycles. The molecular weight excluding hydrogens is 130 g/mol. The highest BCUT2D eigenvalue weighted by atomic mass is 16.4. The molecule has 0 aliphatic heterocycles. The maximum Gasteiger partial charge on any atom is 0.320 e. The normalized spacial score (nSPS) is 26.1. The highest BCUT2D eigenvalue weighted by Gasteiger charge is 2.30. The zero-order valence-corrected chi connectivity index (χ0v) is 5.71. The molecule has 0 amide bonds. The summed E-state index contributed by atoms with van der Waals surface area (Å²) >= 11 is 0. The van der Waals surface area contributed by atoms with Gasteiger partial charge in [-0.1, -0.05) is 12.2 Å². The molecule has 3 heteroatoms. The topological polar surface area (TPSA) is 63.3 Å². The van der Waals surface area contributed by atoms with E-state index in [4.69, 9.17) is 10.8 Å². The number of hydrogen-bond acceptors (Lipinski definition) is 2. The minimum atomic E-state index is -0.917. The Hall–Kier alpha value is -0.830. The third-order valence-electron chi connectivity index (χ3n) is 1.78. The van der Waals surface area contributed by atoms with Crippen molar-refractivity contribution < 1.29 is 9.90 Å². The molecule has 0 heterocycles. The van der Waals surface area contributed by atoms with E-state index in [9.17, 15) is 4.79 Å². The van der Waals surface area contributed by atoms with Crippen LogP contribution >= 0.6 is 0 Å². The van der Waals surface area contributed by atoms with Crippen LogP contribution in [0.3, 0.4) is 0 Å². The number of allylic oxidation sites excluding steroid dienone is 1. The Balaban J connectivity index is 2.25. The van der Waals surface area contributed by atoms with Crippen LogP contribution in [-0.2, 0) is 4.79 Å². The van der Waals surface area contributed by atoms with Crippen LogP contribution < -0.4 is 5.73 Å². The molecule has 0 unspecified atom stereocenters. The molecule has 1 rings (SSSR count). The van der Waals surface area contributed by atoms with Gasteiger partial charge in [-0.2, -0.15) is 0 Å². The fourth-order valence-electron chi connectivity index (χ4n) is 0.915. The number of carboxylic acid groups (broad SMARTS) is 1. The highest BCUT2D eigenvalue weighted by Crippen LogP contribution is 2.39. The first-order valence-corrected chi connectivity index (χ1v) is 3.27. The van der Waals surface area contributed by atoms with Crippen LogP contribution in [0.4, 0.5) is 0 Å². The van der Waals surface area contributed by atoms with Gasteiger partial charge in [0, 0.05) is 0 Å². The summed E-state index contributed by atoms with van der Waals surface area (Å²) in [6.07, 6.45) is 1.51. The lowest BCUT2D eigenvalue weighted by Gasteiger charge is -2.02. The Bertz CT molecular complexity index is 176. The van der Waals surface area contributed by atoms with Gasteiger partial charge in [0.2, 0.25) is 0 Å². The molecule has 0 saturated heterocycles. The first-order chi connectivity index (χ1) is 4.61. The van der Waals surface area contributed by atoms with Crippen LogP contribution in [-0.4, -0.2) is 17.1 Å². The molecule has 3 N–H and O–H groups in total. The van der Waals surface area contributed by atoms with E-state index in [2.05, 4.69) is 6.58 Å². The van der Waals surface area contributed by atoms with Crippen molar-refractivity contribution in [2.75, 3.05) is 0 Å². The van der Waals surface area contributed by atoms with Gasteiger partial charge in [-0.15, -0.1) is 0 Å². The van der Waals surface area contributed by atoms with E-state index in [1.807, 2.05) is 0 Å². The van der Waals surface area contributed by atoms with E-state index < -0.39 is 12.0 Å². The quantitative estimate of drug-likeness (QED) is 0.558. The van der Waals surface area contributed by atoms with E-state index in [0.717, 1.165) is 12.0 Å². The van der Waals surface area contributed by atoms with Crippen LogP contribution in [0.1, 0.15) is 12.8 Å². The van der Waals surface area contributed by atoms with Crippen molar-refractivity contribution >= 4 is 5.97 Å². The minimum absolute atomic E-state index is 0.381. The smallest absolute Gasteiger partial charge is 0.320 e. The summed E-state index contributed by atoms with van der Waals surface area (Å²) < 4.78 is 0. The van der Waals surface area contributed by atoms with E-state index >= 15 is 0 Å². The predicted octanol–water partition coefficient (Wildman–Crippen LogP) is 0.365. The van der Waals surface area contributed by atoms with E-state index in [1.54, 1.807) is 0 Å². The molecule has 0 radical (unpaired) electrons. The number of rotatable bonds is 3. The number of carbonyl (C=O) groups is 1. The summed E-state index contributed by atoms with van der Waals surface area (Å²) in [4.78, 5) is 10.2.